The molecule has 25 heavy (non-hydrogen) atoms. The van der Waals surface area contributed by atoms with Crippen molar-refractivity contribution in [1.82, 2.24) is 14.7 Å². The molecular formula is C18H29N3O2S2. The zero-order valence-electron chi connectivity index (χ0n) is 15.1. The molecule has 0 unspecified atom stereocenters. The van der Waals surface area contributed by atoms with Gasteiger partial charge in [0.05, 0.1) is 11.5 Å². The lowest BCUT2D eigenvalue weighted by Crippen LogP contribution is -2.58. The monoisotopic (exact) mass is 383 g/mol. The first kappa shape index (κ1) is 17.9. The van der Waals surface area contributed by atoms with Crippen LogP contribution in [0.25, 0.3) is 0 Å². The molecule has 0 spiro atoms. The zero-order chi connectivity index (χ0) is 17.4. The van der Waals surface area contributed by atoms with Crippen LogP contribution < -0.4 is 0 Å². The molecule has 4 heterocycles. The maximum absolute atomic E-state index is 12.2. The molecule has 0 N–H and O–H groups in total. The second-order valence-electron chi connectivity index (χ2n) is 7.72. The van der Waals surface area contributed by atoms with E-state index in [-0.39, 0.29) is 12.1 Å². The standard InChI is InChI=1S/C18H29N3O2S2/c1-2-20-7-8-21(18-14-25(22,23)13-17(18)20)11-16-9-15(12-24-16)10-19-5-3-4-6-19/h9,12,17-18H,2-8,10-11,13-14H2,1H3/t17-,18+/m0/s1. The summed E-state index contributed by atoms with van der Waals surface area (Å²) in [5, 5.41) is 2.29. The molecule has 0 amide bonds. The molecule has 3 fully saturated rings. The Morgan fingerprint density at radius 2 is 1.72 bits per heavy atom. The predicted octanol–water partition coefficient (Wildman–Crippen LogP) is 1.65. The van der Waals surface area contributed by atoms with Gasteiger partial charge in [-0.05, 0) is 49.5 Å². The Balaban J connectivity index is 1.42. The Bertz CT molecular complexity index is 697. The molecule has 3 aliphatic rings. The van der Waals surface area contributed by atoms with E-state index in [1.54, 1.807) is 0 Å². The Kier molecular flexibility index (Phi) is 5.21. The summed E-state index contributed by atoms with van der Waals surface area (Å²) in [6, 6.07) is 2.70. The summed E-state index contributed by atoms with van der Waals surface area (Å²) in [5.41, 5.74) is 1.42. The van der Waals surface area contributed by atoms with Crippen molar-refractivity contribution in [3.05, 3.63) is 21.9 Å². The van der Waals surface area contributed by atoms with Crippen molar-refractivity contribution >= 4 is 21.2 Å². The molecule has 7 heteroatoms. The van der Waals surface area contributed by atoms with Gasteiger partial charge < -0.3 is 0 Å². The quantitative estimate of drug-likeness (QED) is 0.774. The van der Waals surface area contributed by atoms with Gasteiger partial charge in [-0.2, -0.15) is 0 Å². The number of hydrogen-bond acceptors (Lipinski definition) is 6. The highest BCUT2D eigenvalue weighted by molar-refractivity contribution is 7.91. The molecule has 0 saturated carbocycles. The minimum atomic E-state index is -2.89. The van der Waals surface area contributed by atoms with Gasteiger partial charge in [-0.3, -0.25) is 14.7 Å². The van der Waals surface area contributed by atoms with Gasteiger partial charge in [-0.1, -0.05) is 6.92 Å². The van der Waals surface area contributed by atoms with Crippen molar-refractivity contribution in [2.75, 3.05) is 44.2 Å². The maximum atomic E-state index is 12.2. The van der Waals surface area contributed by atoms with Crippen LogP contribution in [0.5, 0.6) is 0 Å². The fourth-order valence-electron chi connectivity index (χ4n) is 4.68. The fraction of sp³-hybridized carbons (Fsp3) is 0.778. The SMILES string of the molecule is CCN1CCN(Cc2cc(CN3CCCC3)cs2)[C@@H]2CS(=O)(=O)C[C@@H]21. The van der Waals surface area contributed by atoms with E-state index in [0.717, 1.165) is 32.7 Å². The highest BCUT2D eigenvalue weighted by atomic mass is 32.2. The van der Waals surface area contributed by atoms with Crippen molar-refractivity contribution in [3.8, 4) is 0 Å². The molecule has 0 aliphatic carbocycles. The number of rotatable bonds is 5. The van der Waals surface area contributed by atoms with Gasteiger partial charge in [-0.25, -0.2) is 8.42 Å². The average molecular weight is 384 g/mol. The van der Waals surface area contributed by atoms with Crippen molar-refractivity contribution < 1.29 is 8.42 Å². The van der Waals surface area contributed by atoms with Gasteiger partial charge in [0, 0.05) is 43.1 Å². The van der Waals surface area contributed by atoms with E-state index in [2.05, 4.69) is 33.1 Å². The fourth-order valence-corrected chi connectivity index (χ4v) is 7.62. The maximum Gasteiger partial charge on any atom is 0.153 e. The average Bonchev–Trinajstić information content (AvgIpc) is 3.28. The molecule has 0 aromatic carbocycles. The van der Waals surface area contributed by atoms with Crippen LogP contribution in [0.4, 0.5) is 0 Å². The Hall–Kier alpha value is -0.470. The molecule has 0 bridgehead atoms. The van der Waals surface area contributed by atoms with Crippen LogP contribution in [0.3, 0.4) is 0 Å². The third-order valence-corrected chi connectivity index (χ3v) is 8.65. The lowest BCUT2D eigenvalue weighted by molar-refractivity contribution is 0.0445. The van der Waals surface area contributed by atoms with Crippen LogP contribution in [0, 0.1) is 0 Å². The third-order valence-electron chi connectivity index (χ3n) is 5.98. The number of likely N-dealkylation sites (N-methyl/N-ethyl adjacent to an activating group) is 1. The summed E-state index contributed by atoms with van der Waals surface area (Å²) in [4.78, 5) is 8.69. The van der Waals surface area contributed by atoms with Crippen molar-refractivity contribution in [2.45, 2.75) is 44.9 Å². The molecule has 4 rings (SSSR count). The highest BCUT2D eigenvalue weighted by Gasteiger charge is 2.45. The Morgan fingerprint density at radius 3 is 2.44 bits per heavy atom. The summed E-state index contributed by atoms with van der Waals surface area (Å²) in [7, 11) is -2.89. The molecule has 3 aliphatic heterocycles. The number of likely N-dealkylation sites (tertiary alicyclic amines) is 1. The normalized spacial score (nSPS) is 30.8. The topological polar surface area (TPSA) is 43.9 Å². The van der Waals surface area contributed by atoms with Gasteiger partial charge in [0.2, 0.25) is 0 Å². The van der Waals surface area contributed by atoms with E-state index < -0.39 is 9.84 Å². The van der Waals surface area contributed by atoms with Crippen molar-refractivity contribution in [3.63, 3.8) is 0 Å². The van der Waals surface area contributed by atoms with E-state index in [0.29, 0.717) is 11.5 Å². The molecule has 1 aromatic rings. The van der Waals surface area contributed by atoms with Crippen LogP contribution in [-0.2, 0) is 22.9 Å². The summed E-state index contributed by atoms with van der Waals surface area (Å²) < 4.78 is 24.4. The first-order valence-electron chi connectivity index (χ1n) is 9.51. The number of thiophene rings is 1. The molecule has 140 valence electrons. The van der Waals surface area contributed by atoms with Crippen LogP contribution in [0.1, 0.15) is 30.2 Å². The number of sulfone groups is 1. The van der Waals surface area contributed by atoms with Crippen LogP contribution >= 0.6 is 11.3 Å². The van der Waals surface area contributed by atoms with E-state index in [9.17, 15) is 8.42 Å². The Labute approximate surface area is 155 Å². The van der Waals surface area contributed by atoms with E-state index in [4.69, 9.17) is 0 Å². The molecular weight excluding hydrogens is 354 g/mol. The molecule has 5 nitrogen and oxygen atoms in total. The molecule has 1 aromatic heterocycles. The number of nitrogens with zero attached hydrogens (tertiary/aromatic N) is 3. The van der Waals surface area contributed by atoms with Crippen LogP contribution in [0.15, 0.2) is 11.4 Å². The lowest BCUT2D eigenvalue weighted by Gasteiger charge is -2.43. The van der Waals surface area contributed by atoms with Crippen molar-refractivity contribution in [1.29, 1.82) is 0 Å². The van der Waals surface area contributed by atoms with E-state index >= 15 is 0 Å². The number of piperazine rings is 1. The number of hydrogen-bond donors (Lipinski definition) is 0. The smallest absolute Gasteiger partial charge is 0.153 e. The highest BCUT2D eigenvalue weighted by Crippen LogP contribution is 2.29. The van der Waals surface area contributed by atoms with Gasteiger partial charge in [0.1, 0.15) is 0 Å². The molecule has 2 atom stereocenters. The minimum absolute atomic E-state index is 0.169. The van der Waals surface area contributed by atoms with Crippen molar-refractivity contribution in [2.24, 2.45) is 0 Å². The summed E-state index contributed by atoms with van der Waals surface area (Å²) in [6.45, 7) is 9.48. The van der Waals surface area contributed by atoms with Gasteiger partial charge >= 0.3 is 0 Å². The van der Waals surface area contributed by atoms with Gasteiger partial charge in [-0.15, -0.1) is 11.3 Å². The second kappa shape index (κ2) is 7.27. The summed E-state index contributed by atoms with van der Waals surface area (Å²) in [6.07, 6.45) is 2.66. The summed E-state index contributed by atoms with van der Waals surface area (Å²) >= 11 is 1.84. The molecule has 3 saturated heterocycles. The lowest BCUT2D eigenvalue weighted by atomic mass is 10.0. The van der Waals surface area contributed by atoms with Crippen LogP contribution in [-0.4, -0.2) is 79.4 Å². The van der Waals surface area contributed by atoms with Crippen LogP contribution in [0.2, 0.25) is 0 Å². The zero-order valence-corrected chi connectivity index (χ0v) is 16.7. The first-order valence-corrected chi connectivity index (χ1v) is 12.2. The van der Waals surface area contributed by atoms with Gasteiger partial charge in [0.15, 0.2) is 9.84 Å². The van der Waals surface area contributed by atoms with Gasteiger partial charge in [0.25, 0.3) is 0 Å². The predicted molar refractivity (Wildman–Crippen MR) is 103 cm³/mol. The number of fused-ring (bicyclic) bond motifs is 1. The van der Waals surface area contributed by atoms with E-state index in [1.165, 1.54) is 36.4 Å². The molecule has 0 radical (unpaired) electrons. The minimum Gasteiger partial charge on any atom is -0.299 e. The summed E-state index contributed by atoms with van der Waals surface area (Å²) in [5.74, 6) is 0.673. The third kappa shape index (κ3) is 3.95. The largest absolute Gasteiger partial charge is 0.299 e. The Morgan fingerprint density at radius 1 is 1.04 bits per heavy atom. The van der Waals surface area contributed by atoms with E-state index in [1.807, 2.05) is 11.3 Å². The first-order chi connectivity index (χ1) is 12.0. The second-order valence-corrected chi connectivity index (χ2v) is 10.9.